The van der Waals surface area contributed by atoms with Crippen molar-refractivity contribution in [2.24, 2.45) is 5.10 Å². The van der Waals surface area contributed by atoms with Crippen molar-refractivity contribution in [3.05, 3.63) is 63.2 Å². The molecule has 25 heavy (non-hydrogen) atoms. The lowest BCUT2D eigenvalue weighted by Crippen LogP contribution is -2.21. The molecule has 5 heteroatoms. The van der Waals surface area contributed by atoms with Crippen LogP contribution in [0.15, 0.2) is 59.2 Å². The summed E-state index contributed by atoms with van der Waals surface area (Å²) in [6.07, 6.45) is 7.03. The second-order valence-corrected chi connectivity index (χ2v) is 6.65. The largest absolute Gasteiger partial charge is 0.481 e. The van der Waals surface area contributed by atoms with Crippen LogP contribution in [0.25, 0.3) is 6.08 Å². The quantitative estimate of drug-likeness (QED) is 0.407. The number of hydrogen-bond donors (Lipinski definition) is 0. The molecule has 1 heterocycles. The predicted molar refractivity (Wildman–Crippen MR) is 109 cm³/mol. The number of terminal acetylenes is 1. The summed E-state index contributed by atoms with van der Waals surface area (Å²) >= 11 is 2.23. The van der Waals surface area contributed by atoms with Crippen LogP contribution in [0.2, 0.25) is 0 Å². The molecule has 0 saturated heterocycles. The van der Waals surface area contributed by atoms with E-state index in [0.717, 1.165) is 14.8 Å². The second-order valence-electron chi connectivity index (χ2n) is 5.40. The zero-order chi connectivity index (χ0) is 17.8. The number of anilines is 1. The van der Waals surface area contributed by atoms with Gasteiger partial charge in [0.25, 0.3) is 5.91 Å². The van der Waals surface area contributed by atoms with Gasteiger partial charge in [-0.3, -0.25) is 4.79 Å². The normalized spacial score (nSPS) is 15.2. The fourth-order valence-corrected chi connectivity index (χ4v) is 2.79. The highest BCUT2D eigenvalue weighted by atomic mass is 127. The third-order valence-electron chi connectivity index (χ3n) is 3.63. The van der Waals surface area contributed by atoms with Crippen molar-refractivity contribution in [1.82, 2.24) is 0 Å². The lowest BCUT2D eigenvalue weighted by Gasteiger charge is -2.11. The summed E-state index contributed by atoms with van der Waals surface area (Å²) in [7, 11) is 0. The van der Waals surface area contributed by atoms with Crippen LogP contribution in [-0.4, -0.2) is 18.2 Å². The van der Waals surface area contributed by atoms with Gasteiger partial charge in [-0.1, -0.05) is 18.1 Å². The van der Waals surface area contributed by atoms with Crippen LogP contribution in [0.1, 0.15) is 12.5 Å². The summed E-state index contributed by atoms with van der Waals surface area (Å²) in [6, 6.07) is 15.1. The van der Waals surface area contributed by atoms with Gasteiger partial charge in [-0.05, 0) is 77.6 Å². The van der Waals surface area contributed by atoms with Crippen LogP contribution >= 0.6 is 22.6 Å². The smallest absolute Gasteiger partial charge is 0.280 e. The molecule has 0 bridgehead atoms. The monoisotopic (exact) mass is 442 g/mol. The van der Waals surface area contributed by atoms with E-state index in [0.29, 0.717) is 17.0 Å². The Kier molecular flexibility index (Phi) is 5.19. The van der Waals surface area contributed by atoms with Gasteiger partial charge in [-0.25, -0.2) is 0 Å². The third kappa shape index (κ3) is 3.91. The van der Waals surface area contributed by atoms with Gasteiger partial charge in [0.05, 0.1) is 17.0 Å². The Labute approximate surface area is 160 Å². The molecule has 2 aromatic carbocycles. The molecule has 0 unspecified atom stereocenters. The van der Waals surface area contributed by atoms with Gasteiger partial charge >= 0.3 is 0 Å². The van der Waals surface area contributed by atoms with Gasteiger partial charge < -0.3 is 4.74 Å². The lowest BCUT2D eigenvalue weighted by molar-refractivity contribution is -0.114. The number of amides is 1. The predicted octanol–water partition coefficient (Wildman–Crippen LogP) is 4.11. The van der Waals surface area contributed by atoms with E-state index in [1.54, 1.807) is 0 Å². The van der Waals surface area contributed by atoms with E-state index < -0.39 is 0 Å². The topological polar surface area (TPSA) is 41.9 Å². The minimum atomic E-state index is -0.145. The molecule has 0 fully saturated rings. The van der Waals surface area contributed by atoms with Gasteiger partial charge in [-0.2, -0.15) is 10.1 Å². The summed E-state index contributed by atoms with van der Waals surface area (Å²) in [5.41, 5.74) is 2.85. The number of halogens is 1. The molecule has 0 saturated carbocycles. The fraction of sp³-hybridized carbons (Fsp3) is 0.100. The Bertz CT molecular complexity index is 908. The van der Waals surface area contributed by atoms with E-state index in [4.69, 9.17) is 11.2 Å². The number of hydrogen-bond acceptors (Lipinski definition) is 3. The van der Waals surface area contributed by atoms with Crippen LogP contribution < -0.4 is 9.75 Å². The molecule has 2 aromatic rings. The van der Waals surface area contributed by atoms with E-state index in [1.165, 1.54) is 5.01 Å². The van der Waals surface area contributed by atoms with E-state index in [2.05, 4.69) is 33.6 Å². The Morgan fingerprint density at radius 3 is 2.76 bits per heavy atom. The summed E-state index contributed by atoms with van der Waals surface area (Å²) in [5, 5.41) is 5.82. The van der Waals surface area contributed by atoms with E-state index >= 15 is 0 Å². The van der Waals surface area contributed by atoms with Gasteiger partial charge in [-0.15, -0.1) is 6.42 Å². The van der Waals surface area contributed by atoms with Crippen molar-refractivity contribution in [2.45, 2.75) is 6.92 Å². The second kappa shape index (κ2) is 7.53. The molecule has 1 aliphatic heterocycles. The summed E-state index contributed by atoms with van der Waals surface area (Å²) < 4.78 is 6.53. The van der Waals surface area contributed by atoms with Gasteiger partial charge in [0.2, 0.25) is 0 Å². The van der Waals surface area contributed by atoms with Crippen molar-refractivity contribution in [3.63, 3.8) is 0 Å². The molecule has 1 aliphatic rings. The maximum atomic E-state index is 12.7. The Morgan fingerprint density at radius 2 is 2.04 bits per heavy atom. The average molecular weight is 442 g/mol. The highest BCUT2D eigenvalue weighted by Crippen LogP contribution is 2.26. The standard InChI is InChI=1S/C20H15IN2O2/c1-3-11-25-18-6-4-5-15(12-18)13-19-14(2)22-23(20(19)24)17-9-7-16(21)8-10-17/h1,4-10,12-13H,11H2,2H3/b19-13-. The van der Waals surface area contributed by atoms with Crippen molar-refractivity contribution in [2.75, 3.05) is 11.6 Å². The number of carbonyl (C=O) groups is 1. The van der Waals surface area contributed by atoms with Crippen LogP contribution in [0.3, 0.4) is 0 Å². The molecule has 1 amide bonds. The van der Waals surface area contributed by atoms with Crippen molar-refractivity contribution < 1.29 is 9.53 Å². The van der Waals surface area contributed by atoms with Crippen molar-refractivity contribution in [1.29, 1.82) is 0 Å². The fourth-order valence-electron chi connectivity index (χ4n) is 2.43. The number of nitrogens with zero attached hydrogens (tertiary/aromatic N) is 2. The maximum absolute atomic E-state index is 12.7. The Balaban J connectivity index is 1.87. The molecule has 0 aromatic heterocycles. The van der Waals surface area contributed by atoms with Gasteiger partial charge in [0.1, 0.15) is 12.4 Å². The minimum Gasteiger partial charge on any atom is -0.481 e. The highest BCUT2D eigenvalue weighted by molar-refractivity contribution is 14.1. The third-order valence-corrected chi connectivity index (χ3v) is 4.34. The first kappa shape index (κ1) is 17.2. The molecular formula is C20H15IN2O2. The molecular weight excluding hydrogens is 427 g/mol. The summed E-state index contributed by atoms with van der Waals surface area (Å²) in [6.45, 7) is 2.04. The van der Waals surface area contributed by atoms with Crippen LogP contribution in [-0.2, 0) is 4.79 Å². The summed E-state index contributed by atoms with van der Waals surface area (Å²) in [5.74, 6) is 2.96. The molecule has 124 valence electrons. The van der Waals surface area contributed by atoms with E-state index in [1.807, 2.05) is 61.5 Å². The van der Waals surface area contributed by atoms with Crippen molar-refractivity contribution >= 4 is 46.0 Å². The lowest BCUT2D eigenvalue weighted by atomic mass is 10.1. The minimum absolute atomic E-state index is 0.145. The SMILES string of the molecule is C#CCOc1cccc(/C=C2\C(=O)N(c3ccc(I)cc3)N=C2C)c1. The average Bonchev–Trinajstić information content (AvgIpc) is 2.89. The maximum Gasteiger partial charge on any atom is 0.280 e. The highest BCUT2D eigenvalue weighted by Gasteiger charge is 2.28. The first-order chi connectivity index (χ1) is 12.1. The number of rotatable bonds is 4. The van der Waals surface area contributed by atoms with Gasteiger partial charge in [0.15, 0.2) is 0 Å². The first-order valence-corrected chi connectivity index (χ1v) is 8.70. The molecule has 3 rings (SSSR count). The number of benzene rings is 2. The van der Waals surface area contributed by atoms with Crippen LogP contribution in [0, 0.1) is 15.9 Å². The number of carbonyl (C=O) groups excluding carboxylic acids is 1. The molecule has 0 aliphatic carbocycles. The van der Waals surface area contributed by atoms with Crippen LogP contribution in [0.4, 0.5) is 5.69 Å². The molecule has 4 nitrogen and oxygen atoms in total. The number of hydrazone groups is 1. The number of ether oxygens (including phenoxy) is 1. The molecule has 0 N–H and O–H groups in total. The zero-order valence-electron chi connectivity index (χ0n) is 13.6. The molecule has 0 radical (unpaired) electrons. The first-order valence-electron chi connectivity index (χ1n) is 7.62. The Morgan fingerprint density at radius 1 is 1.28 bits per heavy atom. The molecule has 0 spiro atoms. The van der Waals surface area contributed by atoms with E-state index in [9.17, 15) is 4.79 Å². The summed E-state index contributed by atoms with van der Waals surface area (Å²) in [4.78, 5) is 12.7. The van der Waals surface area contributed by atoms with E-state index in [-0.39, 0.29) is 12.5 Å². The zero-order valence-corrected chi connectivity index (χ0v) is 15.7. The van der Waals surface area contributed by atoms with Gasteiger partial charge in [0, 0.05) is 3.57 Å². The van der Waals surface area contributed by atoms with Crippen molar-refractivity contribution in [3.8, 4) is 18.1 Å². The molecule has 0 atom stereocenters. The Hall–Kier alpha value is -2.59. The van der Waals surface area contributed by atoms with Crippen LogP contribution in [0.5, 0.6) is 5.75 Å².